The molecule has 0 amide bonds. The molecule has 1 aliphatic heterocycles. The van der Waals surface area contributed by atoms with E-state index in [-0.39, 0.29) is 5.78 Å². The molecule has 7 nitrogen and oxygen atoms in total. The number of nitriles is 1. The zero-order valence-electron chi connectivity index (χ0n) is 14.6. The van der Waals surface area contributed by atoms with Gasteiger partial charge in [-0.2, -0.15) is 10.4 Å². The highest BCUT2D eigenvalue weighted by Gasteiger charge is 2.37. The van der Waals surface area contributed by atoms with Crippen LogP contribution in [0.4, 0.5) is 5.82 Å². The van der Waals surface area contributed by atoms with Gasteiger partial charge in [0.25, 0.3) is 0 Å². The number of aromatic nitrogens is 2. The van der Waals surface area contributed by atoms with E-state index in [2.05, 4.69) is 16.5 Å². The number of hydrogen-bond acceptors (Lipinski definition) is 6. The fourth-order valence-electron chi connectivity index (χ4n) is 3.67. The summed E-state index contributed by atoms with van der Waals surface area (Å²) in [5.74, 6) is 1.94. The number of Topliss-reactive ketones (excluding diaryl/α,β-unsaturated/α-hetero) is 1. The standard InChI is InChI=1S/C19H18N4O3/c1-25-15-7-6-11(8-16(15)26-2)18-17-13(4-3-5-14(17)24)22-19-12(9-20)10-21-23(18)19/h6-8,10,18,22H,3-5H2,1-2H3/t18-/m0/s1. The van der Waals surface area contributed by atoms with Crippen molar-refractivity contribution in [2.24, 2.45) is 0 Å². The van der Waals surface area contributed by atoms with Crippen molar-refractivity contribution in [3.05, 3.63) is 46.8 Å². The number of fused-ring (bicyclic) bond motifs is 1. The number of nitrogens with one attached hydrogen (secondary N) is 1. The Morgan fingerprint density at radius 3 is 2.81 bits per heavy atom. The van der Waals surface area contributed by atoms with Crippen LogP contribution in [0.5, 0.6) is 11.5 Å². The van der Waals surface area contributed by atoms with Crippen LogP contribution >= 0.6 is 0 Å². The van der Waals surface area contributed by atoms with Gasteiger partial charge in [-0.25, -0.2) is 4.68 Å². The largest absolute Gasteiger partial charge is 0.493 e. The number of benzene rings is 1. The maximum Gasteiger partial charge on any atom is 0.163 e. The van der Waals surface area contributed by atoms with E-state index in [1.54, 1.807) is 18.9 Å². The van der Waals surface area contributed by atoms with Gasteiger partial charge in [-0.1, -0.05) is 6.07 Å². The van der Waals surface area contributed by atoms with Gasteiger partial charge in [0.05, 0.1) is 20.4 Å². The van der Waals surface area contributed by atoms with E-state index < -0.39 is 6.04 Å². The lowest BCUT2D eigenvalue weighted by atomic mass is 9.85. The lowest BCUT2D eigenvalue weighted by molar-refractivity contribution is -0.116. The predicted octanol–water partition coefficient (Wildman–Crippen LogP) is 2.79. The normalized spacial score (nSPS) is 18.5. The first-order valence-electron chi connectivity index (χ1n) is 8.40. The summed E-state index contributed by atoms with van der Waals surface area (Å²) in [6.07, 6.45) is 3.63. The summed E-state index contributed by atoms with van der Waals surface area (Å²) in [5, 5.41) is 17.0. The maximum atomic E-state index is 12.7. The molecule has 7 heteroatoms. The molecule has 2 heterocycles. The molecule has 1 N–H and O–H groups in total. The molecule has 4 rings (SSSR count). The number of nitrogens with zero attached hydrogens (tertiary/aromatic N) is 3. The summed E-state index contributed by atoms with van der Waals surface area (Å²) in [6, 6.07) is 7.35. The van der Waals surface area contributed by atoms with Crippen molar-refractivity contribution in [1.82, 2.24) is 9.78 Å². The third-order valence-corrected chi connectivity index (χ3v) is 4.88. The van der Waals surface area contributed by atoms with E-state index in [1.807, 2.05) is 18.2 Å². The van der Waals surface area contributed by atoms with Crippen molar-refractivity contribution in [2.75, 3.05) is 19.5 Å². The first kappa shape index (κ1) is 16.2. The molecule has 1 atom stereocenters. The van der Waals surface area contributed by atoms with Crippen LogP contribution in [0.25, 0.3) is 0 Å². The van der Waals surface area contributed by atoms with Crippen LogP contribution in [0.3, 0.4) is 0 Å². The van der Waals surface area contributed by atoms with Gasteiger partial charge >= 0.3 is 0 Å². The molecule has 2 aromatic rings. The van der Waals surface area contributed by atoms with Crippen molar-refractivity contribution in [3.8, 4) is 17.6 Å². The first-order chi connectivity index (χ1) is 12.7. The minimum absolute atomic E-state index is 0.109. The van der Waals surface area contributed by atoms with Gasteiger partial charge in [-0.3, -0.25) is 4.79 Å². The van der Waals surface area contributed by atoms with Gasteiger partial charge in [0.2, 0.25) is 0 Å². The van der Waals surface area contributed by atoms with Crippen LogP contribution in [0.15, 0.2) is 35.7 Å². The molecular formula is C19H18N4O3. The van der Waals surface area contributed by atoms with E-state index in [1.165, 1.54) is 6.20 Å². The Morgan fingerprint density at radius 1 is 1.27 bits per heavy atom. The second kappa shape index (κ2) is 6.23. The fraction of sp³-hybridized carbons (Fsp3) is 0.316. The lowest BCUT2D eigenvalue weighted by Gasteiger charge is -2.33. The van der Waals surface area contributed by atoms with E-state index >= 15 is 0 Å². The number of carbonyl (C=O) groups excluding carboxylic acids is 1. The van der Waals surface area contributed by atoms with Crippen molar-refractivity contribution in [2.45, 2.75) is 25.3 Å². The predicted molar refractivity (Wildman–Crippen MR) is 94.1 cm³/mol. The van der Waals surface area contributed by atoms with Crippen LogP contribution in [-0.4, -0.2) is 29.8 Å². The van der Waals surface area contributed by atoms with E-state index in [0.29, 0.717) is 34.9 Å². The Morgan fingerprint density at radius 2 is 2.08 bits per heavy atom. The van der Waals surface area contributed by atoms with E-state index in [4.69, 9.17) is 9.47 Å². The summed E-state index contributed by atoms with van der Waals surface area (Å²) in [4.78, 5) is 12.7. The molecule has 0 spiro atoms. The summed E-state index contributed by atoms with van der Waals surface area (Å²) in [6.45, 7) is 0. The molecule has 1 aromatic heterocycles. The number of hydrogen-bond donors (Lipinski definition) is 1. The number of rotatable bonds is 3. The van der Waals surface area contributed by atoms with Crippen LogP contribution < -0.4 is 14.8 Å². The molecule has 0 fully saturated rings. The summed E-state index contributed by atoms with van der Waals surface area (Å²) < 4.78 is 12.4. The summed E-state index contributed by atoms with van der Waals surface area (Å²) in [7, 11) is 3.16. The highest BCUT2D eigenvalue weighted by Crippen LogP contribution is 2.43. The summed E-state index contributed by atoms with van der Waals surface area (Å²) >= 11 is 0. The molecule has 0 bridgehead atoms. The van der Waals surface area contributed by atoms with Gasteiger partial charge in [0.15, 0.2) is 17.3 Å². The van der Waals surface area contributed by atoms with Gasteiger partial charge < -0.3 is 14.8 Å². The molecule has 1 aromatic carbocycles. The minimum Gasteiger partial charge on any atom is -0.493 e. The Balaban J connectivity index is 1.92. The fourth-order valence-corrected chi connectivity index (χ4v) is 3.67. The number of ether oxygens (including phenoxy) is 2. The number of carbonyl (C=O) groups is 1. The zero-order valence-corrected chi connectivity index (χ0v) is 14.6. The third-order valence-electron chi connectivity index (χ3n) is 4.88. The minimum atomic E-state index is -0.393. The van der Waals surface area contributed by atoms with Gasteiger partial charge in [-0.05, 0) is 30.5 Å². The second-order valence-corrected chi connectivity index (χ2v) is 6.27. The molecule has 1 aliphatic carbocycles. The molecule has 0 saturated heterocycles. The van der Waals surface area contributed by atoms with Gasteiger partial charge in [-0.15, -0.1) is 0 Å². The van der Waals surface area contributed by atoms with E-state index in [0.717, 1.165) is 24.1 Å². The highest BCUT2D eigenvalue weighted by molar-refractivity contribution is 5.99. The first-order valence-corrected chi connectivity index (χ1v) is 8.40. The topological polar surface area (TPSA) is 89.2 Å². The number of allylic oxidation sites excluding steroid dienone is 2. The molecule has 132 valence electrons. The van der Waals surface area contributed by atoms with Gasteiger partial charge in [0.1, 0.15) is 23.5 Å². The van der Waals surface area contributed by atoms with Crippen molar-refractivity contribution >= 4 is 11.6 Å². The Bertz CT molecular complexity index is 968. The number of anilines is 1. The van der Waals surface area contributed by atoms with E-state index in [9.17, 15) is 10.1 Å². The summed E-state index contributed by atoms with van der Waals surface area (Å²) in [5.41, 5.74) is 2.91. The number of ketones is 1. The second-order valence-electron chi connectivity index (χ2n) is 6.27. The van der Waals surface area contributed by atoms with Crippen LogP contribution in [0, 0.1) is 11.3 Å². The molecule has 0 radical (unpaired) electrons. The number of methoxy groups -OCH3 is 2. The molecule has 0 unspecified atom stereocenters. The van der Waals surface area contributed by atoms with Crippen LogP contribution in [0.2, 0.25) is 0 Å². The lowest BCUT2D eigenvalue weighted by Crippen LogP contribution is -2.31. The Hall–Kier alpha value is -3.27. The van der Waals surface area contributed by atoms with Crippen molar-refractivity contribution < 1.29 is 14.3 Å². The Kier molecular flexibility index (Phi) is 3.88. The van der Waals surface area contributed by atoms with Crippen LogP contribution in [-0.2, 0) is 4.79 Å². The van der Waals surface area contributed by atoms with Crippen molar-refractivity contribution in [3.63, 3.8) is 0 Å². The molecule has 2 aliphatic rings. The molecule has 26 heavy (non-hydrogen) atoms. The molecular weight excluding hydrogens is 332 g/mol. The highest BCUT2D eigenvalue weighted by atomic mass is 16.5. The van der Waals surface area contributed by atoms with Crippen LogP contribution in [0.1, 0.15) is 36.4 Å². The quantitative estimate of drug-likeness (QED) is 0.915. The monoisotopic (exact) mass is 350 g/mol. The van der Waals surface area contributed by atoms with Gasteiger partial charge in [0, 0.05) is 17.7 Å². The Labute approximate surface area is 150 Å². The smallest absolute Gasteiger partial charge is 0.163 e. The van der Waals surface area contributed by atoms with Crippen molar-refractivity contribution in [1.29, 1.82) is 5.26 Å². The average Bonchev–Trinajstić information content (AvgIpc) is 3.08. The third kappa shape index (κ3) is 2.34. The maximum absolute atomic E-state index is 12.7. The SMILES string of the molecule is COc1ccc([C@H]2C3=C(CCCC3=O)Nc3c(C#N)cnn32)cc1OC. The molecule has 0 saturated carbocycles. The average molecular weight is 350 g/mol. The zero-order chi connectivity index (χ0) is 18.3.